The summed E-state index contributed by atoms with van der Waals surface area (Å²) in [4.78, 5) is 33.9. The van der Waals surface area contributed by atoms with Gasteiger partial charge in [0.1, 0.15) is 5.75 Å². The molecule has 0 aliphatic carbocycles. The molecule has 138 valence electrons. The van der Waals surface area contributed by atoms with Crippen molar-refractivity contribution in [3.63, 3.8) is 0 Å². The predicted octanol–water partition coefficient (Wildman–Crippen LogP) is 2.26. The van der Waals surface area contributed by atoms with Gasteiger partial charge >= 0.3 is 5.97 Å². The number of carbonyl (C=O) groups is 3. The van der Waals surface area contributed by atoms with Crippen LogP contribution in [0.25, 0.3) is 0 Å². The Hall–Kier alpha value is -2.57. The van der Waals surface area contributed by atoms with Gasteiger partial charge in [-0.1, -0.05) is 12.5 Å². The largest absolute Gasteiger partial charge is 0.482 e. The molecule has 0 radical (unpaired) electrons. The Bertz CT molecular complexity index is 574. The molecule has 25 heavy (non-hydrogen) atoms. The van der Waals surface area contributed by atoms with Gasteiger partial charge in [-0.3, -0.25) is 9.59 Å². The molecule has 1 rings (SSSR count). The number of esters is 1. The van der Waals surface area contributed by atoms with Crippen molar-refractivity contribution >= 4 is 23.5 Å². The van der Waals surface area contributed by atoms with E-state index in [4.69, 9.17) is 9.47 Å². The van der Waals surface area contributed by atoms with Gasteiger partial charge in [0.2, 0.25) is 11.8 Å². The number of carbonyl (C=O) groups excluding carboxylic acids is 3. The van der Waals surface area contributed by atoms with Crippen LogP contribution in [0.4, 0.5) is 5.69 Å². The van der Waals surface area contributed by atoms with Crippen molar-refractivity contribution < 1.29 is 23.9 Å². The van der Waals surface area contributed by atoms with E-state index in [0.717, 1.165) is 19.3 Å². The van der Waals surface area contributed by atoms with E-state index in [1.165, 1.54) is 6.92 Å². The summed E-state index contributed by atoms with van der Waals surface area (Å²) in [6.45, 7) is 3.99. The van der Waals surface area contributed by atoms with Crippen LogP contribution >= 0.6 is 0 Å². The monoisotopic (exact) mass is 350 g/mol. The second-order valence-electron chi connectivity index (χ2n) is 5.46. The van der Waals surface area contributed by atoms with Crippen LogP contribution in [0.5, 0.6) is 5.75 Å². The Morgan fingerprint density at radius 1 is 1.12 bits per heavy atom. The molecular weight excluding hydrogens is 324 g/mol. The average Bonchev–Trinajstić information content (AvgIpc) is 2.56. The average molecular weight is 350 g/mol. The van der Waals surface area contributed by atoms with Crippen molar-refractivity contribution in [2.75, 3.05) is 25.1 Å². The molecular formula is C18H26N2O5. The number of amides is 2. The van der Waals surface area contributed by atoms with E-state index in [1.54, 1.807) is 31.2 Å². The zero-order valence-electron chi connectivity index (χ0n) is 14.8. The van der Waals surface area contributed by atoms with Gasteiger partial charge in [-0.15, -0.1) is 0 Å². The molecule has 0 fully saturated rings. The van der Waals surface area contributed by atoms with Crippen molar-refractivity contribution in [3.8, 4) is 5.75 Å². The standard InChI is InChI=1S/C18H26N2O5/c1-3-24-18(23)13-25-16-9-7-8-15(12-16)20-17(22)10-5-4-6-11-19-14(2)21/h7-9,12H,3-6,10-11,13H2,1-2H3,(H,19,21)(H,20,22). The minimum atomic E-state index is -0.434. The molecule has 0 aliphatic heterocycles. The third kappa shape index (κ3) is 10.0. The molecule has 0 saturated carbocycles. The fourth-order valence-electron chi connectivity index (χ4n) is 2.08. The minimum Gasteiger partial charge on any atom is -0.482 e. The van der Waals surface area contributed by atoms with Crippen molar-refractivity contribution in [3.05, 3.63) is 24.3 Å². The Kier molecular flexibility index (Phi) is 9.74. The molecule has 0 heterocycles. The first-order valence-electron chi connectivity index (χ1n) is 8.44. The first-order valence-corrected chi connectivity index (χ1v) is 8.44. The molecule has 2 N–H and O–H groups in total. The highest BCUT2D eigenvalue weighted by molar-refractivity contribution is 5.90. The van der Waals surface area contributed by atoms with Gasteiger partial charge in [0.05, 0.1) is 6.61 Å². The molecule has 0 bridgehead atoms. The number of benzene rings is 1. The van der Waals surface area contributed by atoms with Crippen molar-refractivity contribution in [1.29, 1.82) is 0 Å². The summed E-state index contributed by atoms with van der Waals surface area (Å²) in [5.74, 6) is -0.0674. The van der Waals surface area contributed by atoms with Gasteiger partial charge < -0.3 is 20.1 Å². The summed E-state index contributed by atoms with van der Waals surface area (Å²) in [5, 5.41) is 5.52. The SMILES string of the molecule is CCOC(=O)COc1cccc(NC(=O)CCCCCNC(C)=O)c1. The second-order valence-corrected chi connectivity index (χ2v) is 5.46. The maximum absolute atomic E-state index is 11.9. The normalized spacial score (nSPS) is 10.0. The number of ether oxygens (including phenoxy) is 2. The zero-order valence-corrected chi connectivity index (χ0v) is 14.8. The van der Waals surface area contributed by atoms with E-state index >= 15 is 0 Å². The van der Waals surface area contributed by atoms with E-state index in [1.807, 2.05) is 0 Å². The summed E-state index contributed by atoms with van der Waals surface area (Å²) >= 11 is 0. The molecule has 0 aromatic heterocycles. The molecule has 0 aliphatic rings. The molecule has 7 nitrogen and oxygen atoms in total. The number of rotatable bonds is 11. The Morgan fingerprint density at radius 2 is 1.92 bits per heavy atom. The lowest BCUT2D eigenvalue weighted by Gasteiger charge is -2.09. The van der Waals surface area contributed by atoms with E-state index < -0.39 is 5.97 Å². The van der Waals surface area contributed by atoms with E-state index in [9.17, 15) is 14.4 Å². The lowest BCUT2D eigenvalue weighted by Crippen LogP contribution is -2.20. The third-order valence-electron chi connectivity index (χ3n) is 3.23. The lowest BCUT2D eigenvalue weighted by molar-refractivity contribution is -0.145. The van der Waals surface area contributed by atoms with Crippen LogP contribution in [0, 0.1) is 0 Å². The second kappa shape index (κ2) is 11.9. The van der Waals surface area contributed by atoms with E-state index in [2.05, 4.69) is 10.6 Å². The van der Waals surface area contributed by atoms with Crippen LogP contribution in [0.2, 0.25) is 0 Å². The van der Waals surface area contributed by atoms with Gasteiger partial charge in [0.25, 0.3) is 0 Å². The highest BCUT2D eigenvalue weighted by atomic mass is 16.6. The van der Waals surface area contributed by atoms with Crippen molar-refractivity contribution in [1.82, 2.24) is 5.32 Å². The van der Waals surface area contributed by atoms with Crippen molar-refractivity contribution in [2.24, 2.45) is 0 Å². The molecule has 0 atom stereocenters. The van der Waals surface area contributed by atoms with Gasteiger partial charge in [-0.05, 0) is 31.9 Å². The summed E-state index contributed by atoms with van der Waals surface area (Å²) < 4.78 is 10.1. The molecule has 7 heteroatoms. The first kappa shape index (κ1) is 20.5. The topological polar surface area (TPSA) is 93.7 Å². The Morgan fingerprint density at radius 3 is 2.64 bits per heavy atom. The summed E-state index contributed by atoms with van der Waals surface area (Å²) in [7, 11) is 0. The van der Waals surface area contributed by atoms with Crippen LogP contribution < -0.4 is 15.4 Å². The molecule has 0 spiro atoms. The summed E-state index contributed by atoms with van der Waals surface area (Å²) in [6.07, 6.45) is 2.89. The fourth-order valence-corrected chi connectivity index (χ4v) is 2.08. The number of hydrogen-bond acceptors (Lipinski definition) is 5. The quantitative estimate of drug-likeness (QED) is 0.472. The fraction of sp³-hybridized carbons (Fsp3) is 0.500. The molecule has 0 unspecified atom stereocenters. The maximum atomic E-state index is 11.9. The third-order valence-corrected chi connectivity index (χ3v) is 3.23. The van der Waals surface area contributed by atoms with E-state index in [-0.39, 0.29) is 18.4 Å². The van der Waals surface area contributed by atoms with Crippen LogP contribution in [0.3, 0.4) is 0 Å². The smallest absolute Gasteiger partial charge is 0.344 e. The zero-order chi connectivity index (χ0) is 18.5. The number of anilines is 1. The van der Waals surface area contributed by atoms with Crippen molar-refractivity contribution in [2.45, 2.75) is 39.5 Å². The number of unbranched alkanes of at least 4 members (excludes halogenated alkanes) is 2. The Balaban J connectivity index is 2.29. The molecule has 1 aromatic rings. The Labute approximate surface area is 148 Å². The van der Waals surface area contributed by atoms with Gasteiger partial charge in [0, 0.05) is 31.6 Å². The van der Waals surface area contributed by atoms with Crippen LogP contribution in [-0.2, 0) is 19.1 Å². The van der Waals surface area contributed by atoms with E-state index in [0.29, 0.717) is 31.0 Å². The van der Waals surface area contributed by atoms with Crippen LogP contribution in [0.15, 0.2) is 24.3 Å². The molecule has 2 amide bonds. The van der Waals surface area contributed by atoms with Gasteiger partial charge in [-0.2, -0.15) is 0 Å². The highest BCUT2D eigenvalue weighted by Gasteiger charge is 2.06. The predicted molar refractivity (Wildman–Crippen MR) is 94.4 cm³/mol. The van der Waals surface area contributed by atoms with Crippen LogP contribution in [-0.4, -0.2) is 37.5 Å². The molecule has 1 aromatic carbocycles. The first-order chi connectivity index (χ1) is 12.0. The summed E-state index contributed by atoms with van der Waals surface area (Å²) in [5.41, 5.74) is 0.615. The van der Waals surface area contributed by atoms with Gasteiger partial charge in [-0.25, -0.2) is 4.79 Å². The number of hydrogen-bond donors (Lipinski definition) is 2. The lowest BCUT2D eigenvalue weighted by atomic mass is 10.2. The maximum Gasteiger partial charge on any atom is 0.344 e. The highest BCUT2D eigenvalue weighted by Crippen LogP contribution is 2.17. The number of nitrogens with one attached hydrogen (secondary N) is 2. The van der Waals surface area contributed by atoms with Gasteiger partial charge in [0.15, 0.2) is 6.61 Å². The molecule has 0 saturated heterocycles. The summed E-state index contributed by atoms with van der Waals surface area (Å²) in [6, 6.07) is 6.86. The minimum absolute atomic E-state index is 0.0391. The van der Waals surface area contributed by atoms with Crippen LogP contribution in [0.1, 0.15) is 39.5 Å².